The average Bonchev–Trinajstić information content (AvgIpc) is 2.73. The number of hydrogen-bond donors (Lipinski definition) is 2. The first-order valence-electron chi connectivity index (χ1n) is 4.98. The normalized spacial score (nSPS) is 10.5. The Bertz CT molecular complexity index is 602. The van der Waals surface area contributed by atoms with Crippen LogP contribution in [0.4, 0.5) is 11.8 Å². The number of rotatable bonds is 5. The first-order valence-corrected chi connectivity index (χ1v) is 4.98. The molecule has 2 heterocycles. The summed E-state index contributed by atoms with van der Waals surface area (Å²) in [6, 6.07) is 0. The molecule has 0 spiro atoms. The molecule has 0 saturated heterocycles. The predicted octanol–water partition coefficient (Wildman–Crippen LogP) is 0.317. The SMILES string of the molecule is [N-]=[N+]=Nc1nc(N)nc2c1ncn2COCCO. The van der Waals surface area contributed by atoms with Crippen molar-refractivity contribution in [1.82, 2.24) is 19.5 Å². The van der Waals surface area contributed by atoms with Crippen molar-refractivity contribution in [2.75, 3.05) is 18.9 Å². The number of hydrogen-bond acceptors (Lipinski definition) is 7. The van der Waals surface area contributed by atoms with Crippen molar-refractivity contribution < 1.29 is 9.84 Å². The maximum absolute atomic E-state index is 8.62. The fourth-order valence-corrected chi connectivity index (χ4v) is 1.38. The molecule has 3 N–H and O–H groups in total. The van der Waals surface area contributed by atoms with E-state index >= 15 is 0 Å². The predicted molar refractivity (Wildman–Crippen MR) is 61.6 cm³/mol. The minimum absolute atomic E-state index is 0.0196. The van der Waals surface area contributed by atoms with Crippen molar-refractivity contribution >= 4 is 22.9 Å². The molecule has 94 valence electrons. The summed E-state index contributed by atoms with van der Waals surface area (Å²) in [5.41, 5.74) is 14.7. The number of anilines is 1. The quantitative estimate of drug-likeness (QED) is 0.337. The van der Waals surface area contributed by atoms with Gasteiger partial charge in [-0.25, -0.2) is 9.97 Å². The van der Waals surface area contributed by atoms with E-state index in [0.717, 1.165) is 0 Å². The Balaban J connectivity index is 2.42. The Morgan fingerprint density at radius 1 is 1.56 bits per heavy atom. The van der Waals surface area contributed by atoms with Gasteiger partial charge in [-0.2, -0.15) is 4.98 Å². The van der Waals surface area contributed by atoms with E-state index in [4.69, 9.17) is 21.1 Å². The van der Waals surface area contributed by atoms with Gasteiger partial charge in [0.05, 0.1) is 19.5 Å². The first kappa shape index (κ1) is 12.0. The van der Waals surface area contributed by atoms with Gasteiger partial charge < -0.3 is 15.6 Å². The number of imidazole rings is 1. The lowest BCUT2D eigenvalue weighted by atomic mass is 10.5. The highest BCUT2D eigenvalue weighted by Gasteiger charge is 2.10. The van der Waals surface area contributed by atoms with Gasteiger partial charge in [0.2, 0.25) is 5.95 Å². The van der Waals surface area contributed by atoms with Gasteiger partial charge >= 0.3 is 0 Å². The Morgan fingerprint density at radius 2 is 2.39 bits per heavy atom. The highest BCUT2D eigenvalue weighted by molar-refractivity contribution is 5.82. The molecule has 0 atom stereocenters. The molecule has 0 aromatic carbocycles. The lowest BCUT2D eigenvalue weighted by molar-refractivity contribution is 0.0499. The fraction of sp³-hybridized carbons (Fsp3) is 0.375. The third kappa shape index (κ3) is 2.30. The zero-order chi connectivity index (χ0) is 13.0. The monoisotopic (exact) mass is 250 g/mol. The topological polar surface area (TPSA) is 148 Å². The number of nitrogens with two attached hydrogens (primary N) is 1. The van der Waals surface area contributed by atoms with E-state index in [1.54, 1.807) is 4.57 Å². The van der Waals surface area contributed by atoms with Gasteiger partial charge in [-0.1, -0.05) is 0 Å². The zero-order valence-corrected chi connectivity index (χ0v) is 9.26. The largest absolute Gasteiger partial charge is 0.394 e. The standard InChI is InChI=1S/C8H10N8O2/c9-8-12-6(14-15-10)5-7(13-8)16(3-11-5)4-18-2-1-17/h3,17H,1-2,4H2,(H2,9,12,13). The molecule has 0 aliphatic heterocycles. The molecule has 2 aromatic rings. The van der Waals surface area contributed by atoms with E-state index < -0.39 is 0 Å². The minimum Gasteiger partial charge on any atom is -0.394 e. The maximum atomic E-state index is 8.62. The third-order valence-corrected chi connectivity index (χ3v) is 2.07. The van der Waals surface area contributed by atoms with Crippen molar-refractivity contribution in [3.8, 4) is 0 Å². The second-order valence-corrected chi connectivity index (χ2v) is 3.24. The average molecular weight is 250 g/mol. The summed E-state index contributed by atoms with van der Waals surface area (Å²) in [5, 5.41) is 12.0. The molecular weight excluding hydrogens is 240 g/mol. The number of aliphatic hydroxyl groups is 1. The molecule has 0 aliphatic carbocycles. The van der Waals surface area contributed by atoms with E-state index in [9.17, 15) is 0 Å². The van der Waals surface area contributed by atoms with Gasteiger partial charge in [-0.15, -0.1) is 0 Å². The van der Waals surface area contributed by atoms with E-state index in [0.29, 0.717) is 11.2 Å². The van der Waals surface area contributed by atoms with Crippen LogP contribution in [0.5, 0.6) is 0 Å². The van der Waals surface area contributed by atoms with Crippen LogP contribution in [0, 0.1) is 0 Å². The highest BCUT2D eigenvalue weighted by atomic mass is 16.5. The summed E-state index contributed by atoms with van der Waals surface area (Å²) in [4.78, 5) is 14.5. The van der Waals surface area contributed by atoms with Crippen LogP contribution in [-0.4, -0.2) is 37.8 Å². The molecule has 0 bridgehead atoms. The molecule has 0 radical (unpaired) electrons. The zero-order valence-electron chi connectivity index (χ0n) is 9.26. The molecule has 0 unspecified atom stereocenters. The van der Waals surface area contributed by atoms with E-state index in [-0.39, 0.29) is 31.7 Å². The molecule has 10 nitrogen and oxygen atoms in total. The Hall–Kier alpha value is -2.42. The van der Waals surface area contributed by atoms with Crippen molar-refractivity contribution in [3.05, 3.63) is 16.8 Å². The van der Waals surface area contributed by atoms with Crippen LogP contribution in [0.2, 0.25) is 0 Å². The van der Waals surface area contributed by atoms with Gasteiger partial charge in [0.25, 0.3) is 0 Å². The molecule has 0 saturated carbocycles. The minimum atomic E-state index is -0.0757. The van der Waals surface area contributed by atoms with Gasteiger partial charge in [-0.05, 0) is 10.6 Å². The molecule has 2 rings (SSSR count). The van der Waals surface area contributed by atoms with E-state index in [1.807, 2.05) is 0 Å². The maximum Gasteiger partial charge on any atom is 0.222 e. The van der Waals surface area contributed by atoms with Gasteiger partial charge in [0, 0.05) is 4.91 Å². The van der Waals surface area contributed by atoms with Crippen LogP contribution in [-0.2, 0) is 11.5 Å². The Morgan fingerprint density at radius 3 is 3.11 bits per heavy atom. The van der Waals surface area contributed by atoms with E-state index in [1.165, 1.54) is 6.33 Å². The van der Waals surface area contributed by atoms with Gasteiger partial charge in [0.15, 0.2) is 11.5 Å². The summed E-state index contributed by atoms with van der Waals surface area (Å²) in [6.45, 7) is 0.278. The van der Waals surface area contributed by atoms with Crippen LogP contribution < -0.4 is 5.73 Å². The van der Waals surface area contributed by atoms with Crippen LogP contribution >= 0.6 is 0 Å². The summed E-state index contributed by atoms with van der Waals surface area (Å²) >= 11 is 0. The van der Waals surface area contributed by atoms with Crippen LogP contribution in [0.1, 0.15) is 0 Å². The Kier molecular flexibility index (Phi) is 3.53. The molecule has 0 amide bonds. The Labute approximate surface area is 101 Å². The number of nitrogens with zero attached hydrogens (tertiary/aromatic N) is 7. The third-order valence-electron chi connectivity index (χ3n) is 2.07. The summed E-state index contributed by atoms with van der Waals surface area (Å²) in [7, 11) is 0. The summed E-state index contributed by atoms with van der Waals surface area (Å²) in [5.74, 6) is 0.0507. The van der Waals surface area contributed by atoms with Crippen molar-refractivity contribution in [2.45, 2.75) is 6.73 Å². The molecule has 0 fully saturated rings. The van der Waals surface area contributed by atoms with E-state index in [2.05, 4.69) is 25.0 Å². The molecule has 2 aromatic heterocycles. The molecule has 0 aliphatic rings. The van der Waals surface area contributed by atoms with Crippen molar-refractivity contribution in [2.24, 2.45) is 5.11 Å². The number of aliphatic hydroxyl groups excluding tert-OH is 1. The van der Waals surface area contributed by atoms with Crippen LogP contribution in [0.3, 0.4) is 0 Å². The lowest BCUT2D eigenvalue weighted by Crippen LogP contribution is -2.06. The van der Waals surface area contributed by atoms with Crippen molar-refractivity contribution in [1.29, 1.82) is 0 Å². The summed E-state index contributed by atoms with van der Waals surface area (Å²) < 4.78 is 6.71. The second-order valence-electron chi connectivity index (χ2n) is 3.24. The van der Waals surface area contributed by atoms with Crippen molar-refractivity contribution in [3.63, 3.8) is 0 Å². The van der Waals surface area contributed by atoms with Crippen LogP contribution in [0.25, 0.3) is 21.6 Å². The number of azide groups is 1. The smallest absolute Gasteiger partial charge is 0.222 e. The number of fused-ring (bicyclic) bond motifs is 1. The lowest BCUT2D eigenvalue weighted by Gasteiger charge is -2.04. The number of nitrogen functional groups attached to an aromatic ring is 1. The number of aromatic nitrogens is 4. The molecular formula is C8H10N8O2. The molecule has 18 heavy (non-hydrogen) atoms. The fourth-order valence-electron chi connectivity index (χ4n) is 1.38. The van der Waals surface area contributed by atoms with Crippen LogP contribution in [0.15, 0.2) is 11.4 Å². The second kappa shape index (κ2) is 5.27. The first-order chi connectivity index (χ1) is 8.76. The highest BCUT2D eigenvalue weighted by Crippen LogP contribution is 2.22. The summed E-state index contributed by atoms with van der Waals surface area (Å²) in [6.07, 6.45) is 1.46. The van der Waals surface area contributed by atoms with Gasteiger partial charge in [0.1, 0.15) is 12.2 Å². The molecule has 10 heteroatoms. The van der Waals surface area contributed by atoms with Gasteiger partial charge in [-0.3, -0.25) is 4.57 Å². The number of ether oxygens (including phenoxy) is 1.